The zero-order valence-corrected chi connectivity index (χ0v) is 23.0. The van der Waals surface area contributed by atoms with Crippen LogP contribution in [0.3, 0.4) is 0 Å². The number of amides is 2. The Morgan fingerprint density at radius 3 is 2.48 bits per heavy atom. The van der Waals surface area contributed by atoms with Crippen molar-refractivity contribution in [3.63, 3.8) is 0 Å². The van der Waals surface area contributed by atoms with Gasteiger partial charge >= 0.3 is 0 Å². The first kappa shape index (κ1) is 27.0. The van der Waals surface area contributed by atoms with E-state index in [0.29, 0.717) is 24.2 Å². The lowest BCUT2D eigenvalue weighted by Gasteiger charge is -2.17. The van der Waals surface area contributed by atoms with E-state index in [1.54, 1.807) is 27.7 Å². The van der Waals surface area contributed by atoms with Crippen LogP contribution in [-0.4, -0.2) is 56.5 Å². The molecule has 0 unspecified atom stereocenters. The number of nitrogens with one attached hydrogen (secondary N) is 2. The van der Waals surface area contributed by atoms with E-state index in [-0.39, 0.29) is 36.2 Å². The molecule has 0 aliphatic carbocycles. The molecule has 0 spiro atoms. The van der Waals surface area contributed by atoms with Crippen LogP contribution >= 0.6 is 0 Å². The smallest absolute Gasteiger partial charge is 0.253 e. The third-order valence-electron chi connectivity index (χ3n) is 6.83. The van der Waals surface area contributed by atoms with Gasteiger partial charge in [0, 0.05) is 29.8 Å². The minimum atomic E-state index is -0.307. The molecule has 2 N–H and O–H groups in total. The van der Waals surface area contributed by atoms with E-state index in [9.17, 15) is 14.0 Å². The maximum absolute atomic E-state index is 13.5. The van der Waals surface area contributed by atoms with E-state index in [1.807, 2.05) is 64.5 Å². The number of rotatable bonds is 9. The van der Waals surface area contributed by atoms with Gasteiger partial charge in [0.05, 0.1) is 18.2 Å². The van der Waals surface area contributed by atoms with Crippen LogP contribution in [0, 0.1) is 5.82 Å². The first-order chi connectivity index (χ1) is 19.2. The van der Waals surface area contributed by atoms with E-state index in [1.165, 1.54) is 12.1 Å². The molecule has 5 rings (SSSR count). The van der Waals surface area contributed by atoms with Crippen molar-refractivity contribution < 1.29 is 14.0 Å². The summed E-state index contributed by atoms with van der Waals surface area (Å²) >= 11 is 0. The number of hydrogen-bond donors (Lipinski definition) is 2. The van der Waals surface area contributed by atoms with Gasteiger partial charge in [0.25, 0.3) is 5.91 Å². The van der Waals surface area contributed by atoms with Crippen LogP contribution in [0.15, 0.2) is 67.0 Å². The van der Waals surface area contributed by atoms with Crippen LogP contribution in [0.2, 0.25) is 0 Å². The standard InChI is InChI=1S/C30H32FN7O2/c1-5-25(19-7-10-22(31)11-8-19)32-29(40)24-17-37(6-2)26-12-9-20(15-23(24)26)21-13-14-38-27(16-21)33-30(35-38)34-28(39)18-36(3)4/h7-17,25H,5-6,18H2,1-4H3,(H,32,40)(H,34,35,39)/t25-/m0/s1. The predicted molar refractivity (Wildman–Crippen MR) is 154 cm³/mol. The van der Waals surface area contributed by atoms with E-state index in [0.717, 1.165) is 27.6 Å². The Kier molecular flexibility index (Phi) is 7.61. The summed E-state index contributed by atoms with van der Waals surface area (Å²) in [6.07, 6.45) is 4.35. The SMILES string of the molecule is CC[C@H](NC(=O)c1cn(CC)c2ccc(-c3ccn4nc(NC(=O)CN(C)C)nc4c3)cc12)c1ccc(F)cc1. The fourth-order valence-electron chi connectivity index (χ4n) is 4.84. The molecule has 0 fully saturated rings. The van der Waals surface area contributed by atoms with Gasteiger partial charge < -0.3 is 14.8 Å². The van der Waals surface area contributed by atoms with Gasteiger partial charge in [0.2, 0.25) is 11.9 Å². The van der Waals surface area contributed by atoms with Crippen LogP contribution in [0.1, 0.15) is 42.2 Å². The van der Waals surface area contributed by atoms with Crippen LogP contribution in [0.5, 0.6) is 0 Å². The lowest BCUT2D eigenvalue weighted by Crippen LogP contribution is -2.28. The van der Waals surface area contributed by atoms with Crippen LogP contribution in [0.25, 0.3) is 27.7 Å². The Bertz CT molecular complexity index is 1690. The molecular formula is C30H32FN7O2. The Morgan fingerprint density at radius 2 is 1.77 bits per heavy atom. The lowest BCUT2D eigenvalue weighted by molar-refractivity contribution is -0.116. The van der Waals surface area contributed by atoms with Gasteiger partial charge in [-0.3, -0.25) is 14.9 Å². The van der Waals surface area contributed by atoms with E-state index < -0.39 is 0 Å². The molecule has 0 bridgehead atoms. The molecule has 0 saturated carbocycles. The third-order valence-corrected chi connectivity index (χ3v) is 6.83. The van der Waals surface area contributed by atoms with Gasteiger partial charge in [0.15, 0.2) is 5.65 Å². The predicted octanol–water partition coefficient (Wildman–Crippen LogP) is 4.89. The molecule has 0 saturated heterocycles. The highest BCUT2D eigenvalue weighted by Crippen LogP contribution is 2.30. The van der Waals surface area contributed by atoms with Crippen molar-refractivity contribution in [3.8, 4) is 11.1 Å². The number of carbonyl (C=O) groups is 2. The Labute approximate surface area is 231 Å². The summed E-state index contributed by atoms with van der Waals surface area (Å²) in [6.45, 7) is 4.97. The number of nitrogens with zero attached hydrogens (tertiary/aromatic N) is 5. The van der Waals surface area contributed by atoms with Crippen molar-refractivity contribution in [2.75, 3.05) is 26.0 Å². The van der Waals surface area contributed by atoms with E-state index >= 15 is 0 Å². The van der Waals surface area contributed by atoms with Gasteiger partial charge in [-0.2, -0.15) is 4.98 Å². The molecule has 5 aromatic rings. The third kappa shape index (κ3) is 5.57. The lowest BCUT2D eigenvalue weighted by atomic mass is 10.0. The number of aryl methyl sites for hydroxylation is 1. The molecule has 40 heavy (non-hydrogen) atoms. The van der Waals surface area contributed by atoms with Gasteiger partial charge in [-0.15, -0.1) is 5.10 Å². The molecule has 0 aliphatic rings. The molecule has 3 aromatic heterocycles. The molecule has 2 amide bonds. The number of pyridine rings is 1. The average molecular weight is 542 g/mol. The van der Waals surface area contributed by atoms with Gasteiger partial charge in [-0.1, -0.05) is 25.1 Å². The summed E-state index contributed by atoms with van der Waals surface area (Å²) in [4.78, 5) is 31.9. The number of fused-ring (bicyclic) bond motifs is 2. The minimum Gasteiger partial charge on any atom is -0.347 e. The van der Waals surface area contributed by atoms with E-state index in [2.05, 4.69) is 25.3 Å². The first-order valence-electron chi connectivity index (χ1n) is 13.3. The second-order valence-corrected chi connectivity index (χ2v) is 9.99. The zero-order valence-electron chi connectivity index (χ0n) is 23.0. The summed E-state index contributed by atoms with van der Waals surface area (Å²) in [5, 5.41) is 11.0. The normalized spacial score (nSPS) is 12.2. The molecule has 2 aromatic carbocycles. The topological polar surface area (TPSA) is 96.6 Å². The molecule has 0 aliphatic heterocycles. The summed E-state index contributed by atoms with van der Waals surface area (Å²) in [7, 11) is 3.63. The van der Waals surface area contributed by atoms with Gasteiger partial charge in [-0.25, -0.2) is 8.91 Å². The number of halogens is 1. The van der Waals surface area contributed by atoms with Crippen LogP contribution < -0.4 is 10.6 Å². The number of likely N-dealkylation sites (N-methyl/N-ethyl adjacent to an activating group) is 1. The van der Waals surface area contributed by atoms with Crippen LogP contribution in [0.4, 0.5) is 10.3 Å². The molecular weight excluding hydrogens is 509 g/mol. The number of anilines is 1. The largest absolute Gasteiger partial charge is 0.347 e. The van der Waals surface area contributed by atoms with Crippen molar-refractivity contribution in [2.24, 2.45) is 0 Å². The highest BCUT2D eigenvalue weighted by molar-refractivity contribution is 6.08. The fraction of sp³-hybridized carbons (Fsp3) is 0.267. The number of aromatic nitrogens is 4. The second-order valence-electron chi connectivity index (χ2n) is 9.99. The maximum atomic E-state index is 13.5. The zero-order chi connectivity index (χ0) is 28.4. The maximum Gasteiger partial charge on any atom is 0.253 e. The highest BCUT2D eigenvalue weighted by Gasteiger charge is 2.20. The van der Waals surface area contributed by atoms with Crippen molar-refractivity contribution in [3.05, 3.63) is 83.9 Å². The van der Waals surface area contributed by atoms with E-state index in [4.69, 9.17) is 0 Å². The molecule has 206 valence electrons. The molecule has 3 heterocycles. The number of hydrogen-bond acceptors (Lipinski definition) is 5. The Hall–Kier alpha value is -4.57. The Balaban J connectivity index is 1.45. The Morgan fingerprint density at radius 1 is 1.02 bits per heavy atom. The van der Waals surface area contributed by atoms with Gasteiger partial charge in [0.1, 0.15) is 5.82 Å². The van der Waals surface area contributed by atoms with Crippen LogP contribution in [-0.2, 0) is 11.3 Å². The van der Waals surface area contributed by atoms with Crippen molar-refractivity contribution in [1.82, 2.24) is 29.4 Å². The highest BCUT2D eigenvalue weighted by atomic mass is 19.1. The molecule has 1 atom stereocenters. The molecule has 9 nitrogen and oxygen atoms in total. The second kappa shape index (κ2) is 11.3. The summed E-state index contributed by atoms with van der Waals surface area (Å²) in [5.41, 5.74) is 4.81. The van der Waals surface area contributed by atoms with Crippen molar-refractivity contribution >= 4 is 34.3 Å². The summed E-state index contributed by atoms with van der Waals surface area (Å²) < 4.78 is 17.1. The van der Waals surface area contributed by atoms with Crippen molar-refractivity contribution in [2.45, 2.75) is 32.9 Å². The summed E-state index contributed by atoms with van der Waals surface area (Å²) in [5.74, 6) is -0.442. The quantitative estimate of drug-likeness (QED) is 0.277. The van der Waals surface area contributed by atoms with Crippen molar-refractivity contribution in [1.29, 1.82) is 0 Å². The number of carbonyl (C=O) groups excluding carboxylic acids is 2. The summed E-state index contributed by atoms with van der Waals surface area (Å²) in [6, 6.07) is 15.9. The fourth-order valence-corrected chi connectivity index (χ4v) is 4.84. The molecule has 10 heteroatoms. The average Bonchev–Trinajstić information content (AvgIpc) is 3.51. The first-order valence-corrected chi connectivity index (χ1v) is 13.3. The number of benzene rings is 2. The molecule has 0 radical (unpaired) electrons. The van der Waals surface area contributed by atoms with Gasteiger partial charge in [-0.05, 0) is 80.5 Å². The minimum absolute atomic E-state index is 0.184. The monoisotopic (exact) mass is 541 g/mol.